The van der Waals surface area contributed by atoms with E-state index in [9.17, 15) is 4.79 Å². The Kier molecular flexibility index (Phi) is 2.91. The van der Waals surface area contributed by atoms with Gasteiger partial charge in [0.2, 0.25) is 0 Å². The third-order valence-electron chi connectivity index (χ3n) is 2.01. The molecule has 0 aliphatic carbocycles. The minimum absolute atomic E-state index is 0.0991. The average molecular weight is 193 g/mol. The van der Waals surface area contributed by atoms with Gasteiger partial charge in [-0.15, -0.1) is 0 Å². The van der Waals surface area contributed by atoms with Gasteiger partial charge in [-0.3, -0.25) is 11.1 Å². The van der Waals surface area contributed by atoms with Crippen LogP contribution in [0, 0.1) is 0 Å². The Bertz CT molecular complexity index is 339. The Morgan fingerprint density at radius 2 is 2.00 bits per heavy atom. The summed E-state index contributed by atoms with van der Waals surface area (Å²) in [5, 5.41) is 2.67. The normalized spacial score (nSPS) is 11.1. The number of benzene rings is 1. The summed E-state index contributed by atoms with van der Waals surface area (Å²) in [6.45, 7) is 6.41. The van der Waals surface area contributed by atoms with Crippen LogP contribution in [-0.4, -0.2) is 6.03 Å². The highest BCUT2D eigenvalue weighted by molar-refractivity contribution is 5.81. The van der Waals surface area contributed by atoms with Crippen LogP contribution in [0.3, 0.4) is 0 Å². The first-order valence-corrected chi connectivity index (χ1v) is 4.63. The number of urea groups is 1. The molecule has 4 N–H and O–H groups in total. The summed E-state index contributed by atoms with van der Waals surface area (Å²) in [4.78, 5) is 10.8. The second-order valence-corrected chi connectivity index (χ2v) is 4.38. The Labute approximate surface area is 84.3 Å². The molecule has 14 heavy (non-hydrogen) atoms. The zero-order chi connectivity index (χ0) is 10.8. The summed E-state index contributed by atoms with van der Waals surface area (Å²) >= 11 is 0. The van der Waals surface area contributed by atoms with Crippen molar-refractivity contribution in [2.24, 2.45) is 0 Å². The fourth-order valence-corrected chi connectivity index (χ4v) is 1.22. The number of carbonyl (C=O) groups excluding carboxylic acids is 1. The second kappa shape index (κ2) is 3.80. The zero-order valence-electron chi connectivity index (χ0n) is 8.92. The number of nitrogens with one attached hydrogen (secondary N) is 1. The van der Waals surface area contributed by atoms with Gasteiger partial charge >= 0.3 is 6.03 Å². The summed E-state index contributed by atoms with van der Waals surface area (Å²) in [6.07, 6.45) is 0. The lowest BCUT2D eigenvalue weighted by Gasteiger charge is -2.19. The van der Waals surface area contributed by atoms with Crippen molar-refractivity contribution >= 4 is 11.7 Å². The minimum Gasteiger partial charge on any atom is -0.276 e. The molecule has 0 radical (unpaired) electrons. The van der Waals surface area contributed by atoms with E-state index in [4.69, 9.17) is 0 Å². The molecule has 0 spiro atoms. The van der Waals surface area contributed by atoms with Gasteiger partial charge < -0.3 is 0 Å². The van der Waals surface area contributed by atoms with Crippen molar-refractivity contribution in [1.82, 2.24) is 0 Å². The predicted molar refractivity (Wildman–Crippen MR) is 57.0 cm³/mol. The molecule has 76 valence electrons. The van der Waals surface area contributed by atoms with E-state index in [1.807, 2.05) is 18.2 Å². The number of quaternary nitrogens is 1. The molecule has 1 aromatic carbocycles. The lowest BCUT2D eigenvalue weighted by molar-refractivity contribution is -0.242. The molecule has 1 aromatic rings. The maximum Gasteiger partial charge on any atom is 0.416 e. The Balaban J connectivity index is 2.95. The second-order valence-electron chi connectivity index (χ2n) is 4.38. The third-order valence-corrected chi connectivity index (χ3v) is 2.01. The van der Waals surface area contributed by atoms with Crippen LogP contribution in [0.15, 0.2) is 24.3 Å². The van der Waals surface area contributed by atoms with Crippen LogP contribution in [-0.2, 0) is 5.41 Å². The third kappa shape index (κ3) is 2.85. The first kappa shape index (κ1) is 10.7. The van der Waals surface area contributed by atoms with Crippen molar-refractivity contribution in [3.63, 3.8) is 0 Å². The average Bonchev–Trinajstić information content (AvgIpc) is 2.01. The fourth-order valence-electron chi connectivity index (χ4n) is 1.22. The Morgan fingerprint density at radius 1 is 1.36 bits per heavy atom. The largest absolute Gasteiger partial charge is 0.416 e. The van der Waals surface area contributed by atoms with E-state index in [0.717, 1.165) is 5.69 Å². The Morgan fingerprint density at radius 3 is 2.50 bits per heavy atom. The van der Waals surface area contributed by atoms with Gasteiger partial charge in [-0.25, -0.2) is 4.79 Å². The van der Waals surface area contributed by atoms with Crippen molar-refractivity contribution in [2.45, 2.75) is 26.2 Å². The van der Waals surface area contributed by atoms with Crippen LogP contribution in [0.4, 0.5) is 10.5 Å². The van der Waals surface area contributed by atoms with Gasteiger partial charge in [-0.2, -0.15) is 0 Å². The van der Waals surface area contributed by atoms with Gasteiger partial charge in [0.15, 0.2) is 0 Å². The summed E-state index contributed by atoms with van der Waals surface area (Å²) in [7, 11) is 0. The number of amides is 2. The number of hydrogen-bond acceptors (Lipinski definition) is 1. The van der Waals surface area contributed by atoms with E-state index < -0.39 is 0 Å². The van der Waals surface area contributed by atoms with Crippen LogP contribution in [0.25, 0.3) is 0 Å². The predicted octanol–water partition coefficient (Wildman–Crippen LogP) is 1.76. The van der Waals surface area contributed by atoms with Crippen molar-refractivity contribution in [1.29, 1.82) is 0 Å². The summed E-state index contributed by atoms with van der Waals surface area (Å²) in [5.74, 6) is 0. The molecular formula is C11H17N2O+. The van der Waals surface area contributed by atoms with Gasteiger partial charge in [0, 0.05) is 5.69 Å². The SMILES string of the molecule is CC(C)(C)c1cccc(NC([NH3+])=O)c1. The minimum atomic E-state index is -0.281. The maximum absolute atomic E-state index is 10.8. The molecular weight excluding hydrogens is 176 g/mol. The first-order valence-electron chi connectivity index (χ1n) is 4.63. The summed E-state index contributed by atoms with van der Waals surface area (Å²) < 4.78 is 0. The van der Waals surface area contributed by atoms with Crippen molar-refractivity contribution in [2.75, 3.05) is 5.32 Å². The van der Waals surface area contributed by atoms with E-state index in [0.29, 0.717) is 0 Å². The quantitative estimate of drug-likeness (QED) is 0.701. The molecule has 2 amide bonds. The van der Waals surface area contributed by atoms with Crippen LogP contribution in [0.1, 0.15) is 26.3 Å². The monoisotopic (exact) mass is 193 g/mol. The molecule has 0 saturated heterocycles. The van der Waals surface area contributed by atoms with Crippen LogP contribution >= 0.6 is 0 Å². The van der Waals surface area contributed by atoms with Crippen LogP contribution < -0.4 is 11.1 Å². The topological polar surface area (TPSA) is 56.7 Å². The molecule has 0 unspecified atom stereocenters. The Hall–Kier alpha value is -1.35. The molecule has 3 nitrogen and oxygen atoms in total. The summed E-state index contributed by atoms with van der Waals surface area (Å²) in [6, 6.07) is 7.54. The lowest BCUT2D eigenvalue weighted by atomic mass is 9.87. The molecule has 0 aliphatic heterocycles. The van der Waals surface area contributed by atoms with E-state index >= 15 is 0 Å². The zero-order valence-corrected chi connectivity index (χ0v) is 8.92. The number of carbonyl (C=O) groups is 1. The smallest absolute Gasteiger partial charge is 0.276 e. The molecule has 0 aromatic heterocycles. The fraction of sp³-hybridized carbons (Fsp3) is 0.364. The number of anilines is 1. The molecule has 3 heteroatoms. The van der Waals surface area contributed by atoms with Gasteiger partial charge in [0.05, 0.1) is 0 Å². The highest BCUT2D eigenvalue weighted by Gasteiger charge is 2.13. The molecule has 1 rings (SSSR count). The highest BCUT2D eigenvalue weighted by atomic mass is 16.2. The van der Waals surface area contributed by atoms with Crippen LogP contribution in [0.2, 0.25) is 0 Å². The van der Waals surface area contributed by atoms with E-state index in [2.05, 4.69) is 37.9 Å². The lowest BCUT2D eigenvalue weighted by Crippen LogP contribution is -2.59. The molecule has 0 atom stereocenters. The number of hydrogen-bond donors (Lipinski definition) is 2. The van der Waals surface area contributed by atoms with E-state index in [1.165, 1.54) is 5.56 Å². The van der Waals surface area contributed by atoms with Gasteiger partial charge in [-0.05, 0) is 23.1 Å². The molecule has 0 saturated carbocycles. The first-order chi connectivity index (χ1) is 6.39. The summed E-state index contributed by atoms with van der Waals surface area (Å²) in [5.41, 5.74) is 5.38. The molecule has 0 aliphatic rings. The molecule has 0 heterocycles. The van der Waals surface area contributed by atoms with Crippen LogP contribution in [0.5, 0.6) is 0 Å². The molecule has 0 bridgehead atoms. The standard InChI is InChI=1S/C11H16N2O/c1-11(2,3)8-5-4-6-9(7-8)13-10(12)14/h4-7H,1-3H3,(H3,12,13,14)/p+1. The van der Waals surface area contributed by atoms with Crippen molar-refractivity contribution in [3.8, 4) is 0 Å². The molecule has 0 fully saturated rings. The van der Waals surface area contributed by atoms with Crippen molar-refractivity contribution in [3.05, 3.63) is 29.8 Å². The van der Waals surface area contributed by atoms with Gasteiger partial charge in [0.1, 0.15) is 0 Å². The van der Waals surface area contributed by atoms with Gasteiger partial charge in [-0.1, -0.05) is 32.9 Å². The van der Waals surface area contributed by atoms with Gasteiger partial charge in [0.25, 0.3) is 0 Å². The van der Waals surface area contributed by atoms with E-state index in [-0.39, 0.29) is 11.4 Å². The number of rotatable bonds is 1. The van der Waals surface area contributed by atoms with Crippen molar-refractivity contribution < 1.29 is 10.5 Å². The maximum atomic E-state index is 10.8. The van der Waals surface area contributed by atoms with E-state index in [1.54, 1.807) is 0 Å². The highest BCUT2D eigenvalue weighted by Crippen LogP contribution is 2.24.